The highest BCUT2D eigenvalue weighted by Crippen LogP contribution is 2.28. The first kappa shape index (κ1) is 14.9. The fourth-order valence-corrected chi connectivity index (χ4v) is 1.80. The van der Waals surface area contributed by atoms with Crippen molar-refractivity contribution in [2.75, 3.05) is 7.05 Å². The van der Waals surface area contributed by atoms with Crippen molar-refractivity contribution in [3.63, 3.8) is 0 Å². The van der Waals surface area contributed by atoms with E-state index in [1.165, 1.54) is 30.3 Å². The summed E-state index contributed by atoms with van der Waals surface area (Å²) in [5, 5.41) is 13.6. The van der Waals surface area contributed by atoms with Gasteiger partial charge in [0.1, 0.15) is 5.75 Å². The van der Waals surface area contributed by atoms with E-state index in [0.717, 1.165) is 5.56 Å². The van der Waals surface area contributed by atoms with Crippen molar-refractivity contribution in [1.29, 1.82) is 0 Å². The van der Waals surface area contributed by atoms with Crippen molar-refractivity contribution in [2.45, 2.75) is 13.0 Å². The summed E-state index contributed by atoms with van der Waals surface area (Å²) in [4.78, 5) is 10.1. The Hall–Kier alpha value is -2.47. The van der Waals surface area contributed by atoms with Gasteiger partial charge >= 0.3 is 0 Å². The molecule has 0 amide bonds. The molecule has 1 unspecified atom stereocenters. The second kappa shape index (κ2) is 6.32. The second-order valence-electron chi connectivity index (χ2n) is 4.55. The zero-order valence-electron chi connectivity index (χ0n) is 11.7. The molecule has 1 N–H and O–H groups in total. The van der Waals surface area contributed by atoms with Crippen molar-refractivity contribution >= 4 is 5.69 Å². The van der Waals surface area contributed by atoms with Crippen LogP contribution in [0.2, 0.25) is 0 Å². The van der Waals surface area contributed by atoms with E-state index >= 15 is 0 Å². The number of hydrogen-bond donors (Lipinski definition) is 1. The molecule has 0 saturated heterocycles. The van der Waals surface area contributed by atoms with Crippen LogP contribution in [0.1, 0.15) is 18.5 Å². The van der Waals surface area contributed by atoms with Gasteiger partial charge in [0, 0.05) is 18.2 Å². The van der Waals surface area contributed by atoms with Crippen LogP contribution in [0.4, 0.5) is 10.1 Å². The lowest BCUT2D eigenvalue weighted by Gasteiger charge is -2.12. The first-order valence-corrected chi connectivity index (χ1v) is 6.40. The Morgan fingerprint density at radius 1 is 1.24 bits per heavy atom. The fourth-order valence-electron chi connectivity index (χ4n) is 1.80. The minimum atomic E-state index is -0.502. The monoisotopic (exact) mass is 290 g/mol. The van der Waals surface area contributed by atoms with Crippen LogP contribution >= 0.6 is 0 Å². The smallest absolute Gasteiger partial charge is 0.269 e. The number of nitro groups is 1. The topological polar surface area (TPSA) is 64.4 Å². The molecule has 0 saturated carbocycles. The molecule has 1 atom stereocenters. The molecule has 0 aliphatic heterocycles. The maximum atomic E-state index is 14.0. The number of nitro benzene ring substituents is 1. The Kier molecular flexibility index (Phi) is 4.49. The van der Waals surface area contributed by atoms with E-state index in [1.54, 1.807) is 19.2 Å². The molecule has 0 aliphatic rings. The zero-order chi connectivity index (χ0) is 15.4. The molecule has 0 heterocycles. The third kappa shape index (κ3) is 3.55. The Labute approximate surface area is 121 Å². The summed E-state index contributed by atoms with van der Waals surface area (Å²) >= 11 is 0. The van der Waals surface area contributed by atoms with Crippen molar-refractivity contribution in [3.8, 4) is 11.5 Å². The fraction of sp³-hybridized carbons (Fsp3) is 0.200. The molecular weight excluding hydrogens is 275 g/mol. The van der Waals surface area contributed by atoms with Gasteiger partial charge < -0.3 is 10.1 Å². The standard InChI is InChI=1S/C15H15FN2O3/c1-10(17-2)11-3-8-15(14(16)9-11)21-13-6-4-12(5-7-13)18(19)20/h3-10,17H,1-2H3. The average molecular weight is 290 g/mol. The van der Waals surface area contributed by atoms with Gasteiger partial charge in [-0.25, -0.2) is 4.39 Å². The Morgan fingerprint density at radius 3 is 2.43 bits per heavy atom. The number of halogens is 1. The van der Waals surface area contributed by atoms with Gasteiger partial charge in [0.2, 0.25) is 0 Å². The van der Waals surface area contributed by atoms with Gasteiger partial charge in [-0.1, -0.05) is 6.07 Å². The number of hydrogen-bond acceptors (Lipinski definition) is 4. The lowest BCUT2D eigenvalue weighted by molar-refractivity contribution is -0.384. The first-order valence-electron chi connectivity index (χ1n) is 6.40. The highest BCUT2D eigenvalue weighted by Gasteiger charge is 2.10. The molecule has 0 radical (unpaired) electrons. The number of nitrogens with one attached hydrogen (secondary N) is 1. The minimum Gasteiger partial charge on any atom is -0.454 e. The molecule has 0 bridgehead atoms. The summed E-state index contributed by atoms with van der Waals surface area (Å²) in [6, 6.07) is 10.2. The average Bonchev–Trinajstić information content (AvgIpc) is 2.49. The lowest BCUT2D eigenvalue weighted by Crippen LogP contribution is -2.12. The van der Waals surface area contributed by atoms with Gasteiger partial charge in [-0.05, 0) is 43.8 Å². The van der Waals surface area contributed by atoms with Gasteiger partial charge in [0.05, 0.1) is 4.92 Å². The molecule has 5 nitrogen and oxygen atoms in total. The molecule has 110 valence electrons. The number of rotatable bonds is 5. The van der Waals surface area contributed by atoms with Crippen molar-refractivity contribution in [1.82, 2.24) is 5.32 Å². The normalized spacial score (nSPS) is 12.0. The first-order chi connectivity index (χ1) is 10.0. The lowest BCUT2D eigenvalue weighted by atomic mass is 10.1. The molecule has 2 aromatic rings. The van der Waals surface area contributed by atoms with Crippen molar-refractivity contribution < 1.29 is 14.1 Å². The third-order valence-electron chi connectivity index (χ3n) is 3.16. The molecule has 0 fully saturated rings. The summed E-state index contributed by atoms with van der Waals surface area (Å²) in [7, 11) is 1.80. The van der Waals surface area contributed by atoms with Gasteiger partial charge in [-0.2, -0.15) is 0 Å². The zero-order valence-corrected chi connectivity index (χ0v) is 11.7. The molecular formula is C15H15FN2O3. The summed E-state index contributed by atoms with van der Waals surface area (Å²) < 4.78 is 19.4. The predicted molar refractivity (Wildman–Crippen MR) is 77.0 cm³/mol. The summed E-state index contributed by atoms with van der Waals surface area (Å²) in [6.45, 7) is 1.92. The number of ether oxygens (including phenoxy) is 1. The van der Waals surface area contributed by atoms with E-state index in [-0.39, 0.29) is 17.5 Å². The number of benzene rings is 2. The van der Waals surface area contributed by atoms with E-state index in [4.69, 9.17) is 4.74 Å². The highest BCUT2D eigenvalue weighted by atomic mass is 19.1. The molecule has 0 spiro atoms. The van der Waals surface area contributed by atoms with Gasteiger partial charge in [0.25, 0.3) is 5.69 Å². The highest BCUT2D eigenvalue weighted by molar-refractivity contribution is 5.39. The molecule has 2 aromatic carbocycles. The van der Waals surface area contributed by atoms with Crippen LogP contribution in [0.5, 0.6) is 11.5 Å². The van der Waals surface area contributed by atoms with Crippen LogP contribution < -0.4 is 10.1 Å². The van der Waals surface area contributed by atoms with E-state index in [1.807, 2.05) is 6.92 Å². The van der Waals surface area contributed by atoms with Crippen LogP contribution in [0.25, 0.3) is 0 Å². The van der Waals surface area contributed by atoms with Crippen LogP contribution in [0.3, 0.4) is 0 Å². The van der Waals surface area contributed by atoms with E-state index in [9.17, 15) is 14.5 Å². The third-order valence-corrected chi connectivity index (χ3v) is 3.16. The van der Waals surface area contributed by atoms with Crippen LogP contribution in [0.15, 0.2) is 42.5 Å². The van der Waals surface area contributed by atoms with E-state index < -0.39 is 10.7 Å². The molecule has 6 heteroatoms. The van der Waals surface area contributed by atoms with Gasteiger partial charge in [-0.3, -0.25) is 10.1 Å². The summed E-state index contributed by atoms with van der Waals surface area (Å²) in [5.41, 5.74) is 0.770. The Morgan fingerprint density at radius 2 is 1.90 bits per heavy atom. The minimum absolute atomic E-state index is 0.0351. The molecule has 0 aromatic heterocycles. The summed E-state index contributed by atoms with van der Waals surface area (Å²) in [5.74, 6) is -0.0576. The van der Waals surface area contributed by atoms with Crippen molar-refractivity contribution in [2.24, 2.45) is 0 Å². The second-order valence-corrected chi connectivity index (χ2v) is 4.55. The van der Waals surface area contributed by atoms with Crippen LogP contribution in [0, 0.1) is 15.9 Å². The Balaban J connectivity index is 2.17. The SMILES string of the molecule is CNC(C)c1ccc(Oc2ccc([N+](=O)[O-])cc2)c(F)c1. The maximum Gasteiger partial charge on any atom is 0.269 e. The molecule has 21 heavy (non-hydrogen) atoms. The number of nitrogens with zero attached hydrogens (tertiary/aromatic N) is 1. The summed E-state index contributed by atoms with van der Waals surface area (Å²) in [6.07, 6.45) is 0. The maximum absolute atomic E-state index is 14.0. The quantitative estimate of drug-likeness (QED) is 0.672. The van der Waals surface area contributed by atoms with E-state index in [2.05, 4.69) is 5.32 Å². The van der Waals surface area contributed by atoms with E-state index in [0.29, 0.717) is 5.75 Å². The predicted octanol–water partition coefficient (Wildman–Crippen LogP) is 3.81. The largest absolute Gasteiger partial charge is 0.454 e. The van der Waals surface area contributed by atoms with Gasteiger partial charge in [0.15, 0.2) is 11.6 Å². The Bertz CT molecular complexity index is 644. The molecule has 2 rings (SSSR count). The molecule has 0 aliphatic carbocycles. The van der Waals surface area contributed by atoms with Crippen molar-refractivity contribution in [3.05, 3.63) is 64.0 Å². The van der Waals surface area contributed by atoms with Gasteiger partial charge in [-0.15, -0.1) is 0 Å². The van der Waals surface area contributed by atoms with Crippen LogP contribution in [-0.2, 0) is 0 Å². The number of non-ortho nitro benzene ring substituents is 1. The van der Waals surface area contributed by atoms with Crippen LogP contribution in [-0.4, -0.2) is 12.0 Å².